The molecule has 0 aliphatic heterocycles. The van der Waals surface area contributed by atoms with Crippen molar-refractivity contribution in [2.24, 2.45) is 0 Å². The lowest BCUT2D eigenvalue weighted by Crippen LogP contribution is -2.35. The van der Waals surface area contributed by atoms with E-state index in [9.17, 15) is 0 Å². The van der Waals surface area contributed by atoms with Crippen LogP contribution in [0, 0.1) is 0 Å². The molecule has 48 heavy (non-hydrogen) atoms. The first kappa shape index (κ1) is 52.2. The molecule has 0 amide bonds. The molecular formula is C45H102N3+3. The Labute approximate surface area is 309 Å². The quantitative estimate of drug-likeness (QED) is 0.0477. The zero-order valence-corrected chi connectivity index (χ0v) is 36.7. The molecule has 0 spiro atoms. The Balaban J connectivity index is -0.000000633. The summed E-state index contributed by atoms with van der Waals surface area (Å²) in [4.78, 5) is 0. The van der Waals surface area contributed by atoms with E-state index in [1.807, 2.05) is 0 Å². The van der Waals surface area contributed by atoms with Crippen LogP contribution in [0.3, 0.4) is 0 Å². The molecule has 0 bridgehead atoms. The molecule has 0 radical (unpaired) electrons. The molecule has 0 fully saturated rings. The number of unbranched alkanes of at least 4 members (excludes halogenated alkanes) is 27. The van der Waals surface area contributed by atoms with Gasteiger partial charge in [0.1, 0.15) is 0 Å². The molecular weight excluding hydrogens is 583 g/mol. The topological polar surface area (TPSA) is 0 Å². The van der Waals surface area contributed by atoms with Crippen LogP contribution >= 0.6 is 0 Å². The van der Waals surface area contributed by atoms with Crippen molar-refractivity contribution < 1.29 is 13.4 Å². The average Bonchev–Trinajstić information content (AvgIpc) is 2.99. The molecule has 0 N–H and O–H groups in total. The van der Waals surface area contributed by atoms with Crippen LogP contribution in [0.5, 0.6) is 0 Å². The number of nitrogens with zero attached hydrogens (tertiary/aromatic N) is 3. The van der Waals surface area contributed by atoms with Crippen molar-refractivity contribution >= 4 is 0 Å². The second kappa shape index (κ2) is 38.1. The Morgan fingerprint density at radius 3 is 0.438 bits per heavy atom. The Bertz CT molecular complexity index is 485. The number of hydrogen-bond donors (Lipinski definition) is 0. The molecule has 0 saturated heterocycles. The molecule has 0 aromatic heterocycles. The zero-order chi connectivity index (χ0) is 36.8. The predicted octanol–water partition coefficient (Wildman–Crippen LogP) is 13.8. The standard InChI is InChI=1S/3C15H34N/c3*1-5-6-7-8-9-10-11-12-13-14-15-16(2,3)4/h3*5-15H2,1-4H3/q3*+1. The number of hydrogen-bond acceptors (Lipinski definition) is 0. The van der Waals surface area contributed by atoms with E-state index in [1.165, 1.54) is 212 Å². The van der Waals surface area contributed by atoms with Gasteiger partial charge in [-0.1, -0.05) is 175 Å². The fourth-order valence-corrected chi connectivity index (χ4v) is 6.22. The summed E-state index contributed by atoms with van der Waals surface area (Å²) in [5, 5.41) is 0. The molecule has 0 saturated carbocycles. The minimum atomic E-state index is 1.12. The van der Waals surface area contributed by atoms with Crippen molar-refractivity contribution in [1.29, 1.82) is 0 Å². The Hall–Kier alpha value is -0.120. The van der Waals surface area contributed by atoms with Gasteiger partial charge in [-0.25, -0.2) is 0 Å². The van der Waals surface area contributed by atoms with E-state index >= 15 is 0 Å². The van der Waals surface area contributed by atoms with Gasteiger partial charge in [0.25, 0.3) is 0 Å². The normalized spacial score (nSPS) is 12.0. The third kappa shape index (κ3) is 61.1. The van der Waals surface area contributed by atoms with Gasteiger partial charge in [0.15, 0.2) is 0 Å². The zero-order valence-electron chi connectivity index (χ0n) is 36.7. The fourth-order valence-electron chi connectivity index (χ4n) is 6.22. The van der Waals surface area contributed by atoms with Crippen LogP contribution in [0.2, 0.25) is 0 Å². The largest absolute Gasteiger partial charge is 0.331 e. The second-order valence-electron chi connectivity index (χ2n) is 18.6. The van der Waals surface area contributed by atoms with E-state index in [-0.39, 0.29) is 0 Å². The van der Waals surface area contributed by atoms with Gasteiger partial charge in [-0.05, 0) is 38.5 Å². The SMILES string of the molecule is CCCCCCCCCCCC[N+](C)(C)C.CCCCCCCCCCCC[N+](C)(C)C.CCCCCCCCCCCC[N+](C)(C)C. The highest BCUT2D eigenvalue weighted by atomic mass is 15.3. The van der Waals surface area contributed by atoms with Crippen LogP contribution in [0.15, 0.2) is 0 Å². The summed E-state index contributed by atoms with van der Waals surface area (Å²) in [6.45, 7) is 10.8. The lowest BCUT2D eigenvalue weighted by molar-refractivity contribution is -0.870. The molecule has 0 aromatic carbocycles. The summed E-state index contributed by atoms with van der Waals surface area (Å²) in [6.07, 6.45) is 43.2. The first-order chi connectivity index (χ1) is 22.7. The highest BCUT2D eigenvalue weighted by molar-refractivity contribution is 4.49. The number of rotatable bonds is 33. The second-order valence-corrected chi connectivity index (χ2v) is 18.6. The Morgan fingerprint density at radius 2 is 0.312 bits per heavy atom. The van der Waals surface area contributed by atoms with Gasteiger partial charge >= 0.3 is 0 Å². The number of quaternary nitrogens is 3. The van der Waals surface area contributed by atoms with Crippen LogP contribution in [0.1, 0.15) is 213 Å². The van der Waals surface area contributed by atoms with Crippen molar-refractivity contribution in [3.8, 4) is 0 Å². The van der Waals surface area contributed by atoms with Gasteiger partial charge in [0.05, 0.1) is 83.1 Å². The van der Waals surface area contributed by atoms with Gasteiger partial charge in [-0.2, -0.15) is 0 Å². The van der Waals surface area contributed by atoms with E-state index in [2.05, 4.69) is 84.2 Å². The maximum Gasteiger partial charge on any atom is 0.0780 e. The summed E-state index contributed by atoms with van der Waals surface area (Å²) in [5.41, 5.74) is 0. The fraction of sp³-hybridized carbons (Fsp3) is 1.00. The molecule has 0 unspecified atom stereocenters. The van der Waals surface area contributed by atoms with Crippen molar-refractivity contribution in [3.05, 3.63) is 0 Å². The van der Waals surface area contributed by atoms with Crippen LogP contribution in [0.4, 0.5) is 0 Å². The van der Waals surface area contributed by atoms with Crippen LogP contribution in [0.25, 0.3) is 0 Å². The van der Waals surface area contributed by atoms with Crippen LogP contribution < -0.4 is 0 Å². The maximum atomic E-state index is 2.29. The van der Waals surface area contributed by atoms with Crippen molar-refractivity contribution in [2.45, 2.75) is 213 Å². The smallest absolute Gasteiger partial charge is 0.0780 e. The molecule has 0 heterocycles. The molecule has 0 aliphatic rings. The summed E-state index contributed by atoms with van der Waals surface area (Å²) in [5.74, 6) is 0. The average molecular weight is 685 g/mol. The van der Waals surface area contributed by atoms with E-state index in [4.69, 9.17) is 0 Å². The third-order valence-electron chi connectivity index (χ3n) is 9.55. The molecule has 0 atom stereocenters. The van der Waals surface area contributed by atoms with Crippen molar-refractivity contribution in [3.63, 3.8) is 0 Å². The van der Waals surface area contributed by atoms with E-state index in [0.29, 0.717) is 0 Å². The summed E-state index contributed by atoms with van der Waals surface area (Å²) < 4.78 is 3.37. The lowest BCUT2D eigenvalue weighted by atomic mass is 10.1. The maximum absolute atomic E-state index is 2.29. The van der Waals surface area contributed by atoms with E-state index in [0.717, 1.165) is 13.4 Å². The van der Waals surface area contributed by atoms with Crippen molar-refractivity contribution in [1.82, 2.24) is 0 Å². The third-order valence-corrected chi connectivity index (χ3v) is 9.55. The lowest BCUT2D eigenvalue weighted by Gasteiger charge is -2.23. The van der Waals surface area contributed by atoms with Crippen LogP contribution in [-0.4, -0.2) is 96.5 Å². The molecule has 0 aliphatic carbocycles. The molecule has 0 rings (SSSR count). The minimum Gasteiger partial charge on any atom is -0.331 e. The van der Waals surface area contributed by atoms with Gasteiger partial charge in [0.2, 0.25) is 0 Å². The molecule has 294 valence electrons. The minimum absolute atomic E-state index is 1.12. The van der Waals surface area contributed by atoms with Crippen LogP contribution in [-0.2, 0) is 0 Å². The first-order valence-corrected chi connectivity index (χ1v) is 22.1. The van der Waals surface area contributed by atoms with Gasteiger partial charge in [-0.3, -0.25) is 0 Å². The monoisotopic (exact) mass is 685 g/mol. The molecule has 3 nitrogen and oxygen atoms in total. The first-order valence-electron chi connectivity index (χ1n) is 22.1. The highest BCUT2D eigenvalue weighted by Gasteiger charge is 2.06. The molecule has 3 heteroatoms. The van der Waals surface area contributed by atoms with Gasteiger partial charge < -0.3 is 13.4 Å². The Morgan fingerprint density at radius 1 is 0.188 bits per heavy atom. The predicted molar refractivity (Wildman–Crippen MR) is 224 cm³/mol. The van der Waals surface area contributed by atoms with Gasteiger partial charge in [-0.15, -0.1) is 0 Å². The summed E-state index contributed by atoms with van der Waals surface area (Å²) in [6, 6.07) is 0. The van der Waals surface area contributed by atoms with E-state index in [1.54, 1.807) is 0 Å². The van der Waals surface area contributed by atoms with Gasteiger partial charge in [0, 0.05) is 0 Å². The summed E-state index contributed by atoms with van der Waals surface area (Å²) >= 11 is 0. The highest BCUT2D eigenvalue weighted by Crippen LogP contribution is 2.13. The summed E-state index contributed by atoms with van der Waals surface area (Å²) in [7, 11) is 20.6. The molecule has 0 aromatic rings. The van der Waals surface area contributed by atoms with E-state index < -0.39 is 0 Å². The van der Waals surface area contributed by atoms with Crippen molar-refractivity contribution in [2.75, 3.05) is 83.1 Å². The Kier molecular flexibility index (Phi) is 41.5.